The lowest BCUT2D eigenvalue weighted by molar-refractivity contribution is -0.233. The van der Waals surface area contributed by atoms with Gasteiger partial charge in [-0.3, -0.25) is 0 Å². The Morgan fingerprint density at radius 2 is 1.85 bits per heavy atom. The average molecular weight is 437 g/mol. The van der Waals surface area contributed by atoms with E-state index in [1.54, 1.807) is 14.2 Å². The van der Waals surface area contributed by atoms with E-state index in [0.717, 1.165) is 17.7 Å². The van der Waals surface area contributed by atoms with Gasteiger partial charge in [0.15, 0.2) is 11.5 Å². The van der Waals surface area contributed by atoms with Crippen LogP contribution in [0.4, 0.5) is 0 Å². The fraction of sp³-hybridized carbons (Fsp3) is 0.667. The number of ether oxygens (including phenoxy) is 2. The van der Waals surface area contributed by atoms with Crippen LogP contribution >= 0.6 is 31.2 Å². The Balaban J connectivity index is 2.02. The zero-order chi connectivity index (χ0) is 19.6. The molecule has 1 unspecified atom stereocenters. The van der Waals surface area contributed by atoms with Crippen molar-refractivity contribution < 1.29 is 18.9 Å². The molecule has 1 aromatic rings. The van der Waals surface area contributed by atoms with Gasteiger partial charge >= 0.3 is 0 Å². The van der Waals surface area contributed by atoms with Crippen molar-refractivity contribution in [3.05, 3.63) is 23.3 Å². The second kappa shape index (κ2) is 9.00. The van der Waals surface area contributed by atoms with E-state index in [4.69, 9.17) is 37.2 Å². The van der Waals surface area contributed by atoms with E-state index in [2.05, 4.69) is 6.92 Å². The molecular formula is C18H27Cl2N2O4P. The number of halogens is 2. The van der Waals surface area contributed by atoms with E-state index >= 15 is 0 Å². The monoisotopic (exact) mass is 436 g/mol. The summed E-state index contributed by atoms with van der Waals surface area (Å²) in [6.45, 7) is 4.15. The fourth-order valence-electron chi connectivity index (χ4n) is 4.03. The Hall–Kier alpha value is -0.330. The molecule has 1 saturated heterocycles. The molecule has 0 spiro atoms. The second-order valence-corrected chi connectivity index (χ2v) is 9.93. The molecular weight excluding hydrogens is 410 g/mol. The molecule has 0 aliphatic carbocycles. The number of hydrogen-bond acceptors (Lipinski definition) is 6. The molecule has 0 amide bonds. The molecule has 0 saturated carbocycles. The van der Waals surface area contributed by atoms with Crippen molar-refractivity contribution in [1.29, 1.82) is 0 Å². The smallest absolute Gasteiger partial charge is 0.253 e. The number of nitrogens with zero attached hydrogens (tertiary/aromatic N) is 2. The van der Waals surface area contributed by atoms with Crippen molar-refractivity contribution in [3.8, 4) is 11.5 Å². The first-order chi connectivity index (χ1) is 13.0. The van der Waals surface area contributed by atoms with Gasteiger partial charge in [-0.15, -0.1) is 32.5 Å². The Labute approximate surface area is 171 Å². The Kier molecular flexibility index (Phi) is 7.12. The lowest BCUT2D eigenvalue weighted by Gasteiger charge is -2.53. The number of hydrogen-bond donors (Lipinski definition) is 0. The normalized spacial score (nSPS) is 28.0. The van der Waals surface area contributed by atoms with Crippen molar-refractivity contribution in [2.24, 2.45) is 5.92 Å². The predicted octanol–water partition coefficient (Wildman–Crippen LogP) is 3.09. The summed E-state index contributed by atoms with van der Waals surface area (Å²) < 4.78 is 20.8. The van der Waals surface area contributed by atoms with Crippen LogP contribution in [-0.4, -0.2) is 61.6 Å². The van der Waals surface area contributed by atoms with Crippen LogP contribution in [0.15, 0.2) is 12.1 Å². The molecule has 2 aliphatic heterocycles. The van der Waals surface area contributed by atoms with Crippen LogP contribution in [0.3, 0.4) is 0 Å². The topological polar surface area (TPSA) is 57.2 Å². The first kappa shape index (κ1) is 21.4. The predicted molar refractivity (Wildman–Crippen MR) is 108 cm³/mol. The van der Waals surface area contributed by atoms with Gasteiger partial charge in [0.05, 0.1) is 40.0 Å². The van der Waals surface area contributed by atoms with E-state index < -0.39 is 8.02 Å². The van der Waals surface area contributed by atoms with Crippen LogP contribution in [0.2, 0.25) is 0 Å². The van der Waals surface area contributed by atoms with Crippen LogP contribution in [0.5, 0.6) is 11.5 Å². The van der Waals surface area contributed by atoms with Gasteiger partial charge in [-0.1, -0.05) is 6.92 Å². The summed E-state index contributed by atoms with van der Waals surface area (Å²) in [4.78, 5) is 14.0. The van der Waals surface area contributed by atoms with Crippen LogP contribution in [0.1, 0.15) is 24.1 Å². The van der Waals surface area contributed by atoms with Crippen molar-refractivity contribution in [3.63, 3.8) is 0 Å². The highest BCUT2D eigenvalue weighted by Crippen LogP contribution is 2.66. The summed E-state index contributed by atoms with van der Waals surface area (Å²) in [5, 5.41) is 0. The van der Waals surface area contributed by atoms with Gasteiger partial charge in [0.25, 0.3) is 8.02 Å². The molecule has 1 aromatic carbocycles. The third-order valence-electron chi connectivity index (χ3n) is 5.31. The van der Waals surface area contributed by atoms with Gasteiger partial charge < -0.3 is 14.4 Å². The Morgan fingerprint density at radius 3 is 2.44 bits per heavy atom. The first-order valence-electron chi connectivity index (χ1n) is 9.14. The lowest BCUT2D eigenvalue weighted by Crippen LogP contribution is -2.53. The highest BCUT2D eigenvalue weighted by Gasteiger charge is 2.54. The van der Waals surface area contributed by atoms with Crippen molar-refractivity contribution in [2.75, 3.05) is 52.2 Å². The Bertz CT molecular complexity index is 662. The largest absolute Gasteiger partial charge is 0.626 e. The lowest BCUT2D eigenvalue weighted by atomic mass is 9.87. The van der Waals surface area contributed by atoms with Gasteiger partial charge in [0.1, 0.15) is 0 Å². The molecule has 1 fully saturated rings. The summed E-state index contributed by atoms with van der Waals surface area (Å²) in [6.07, 6.45) is 0.766. The molecule has 0 radical (unpaired) electrons. The summed E-state index contributed by atoms with van der Waals surface area (Å²) >= 11 is 11.9. The molecule has 2 heterocycles. The molecule has 6 nitrogen and oxygen atoms in total. The van der Waals surface area contributed by atoms with E-state index in [0.29, 0.717) is 43.8 Å². The first-order valence-corrected chi connectivity index (χ1v) is 11.7. The standard InChI is InChI=1S/C18H27Cl2N2O4P/c1-13-12-26-27(23,21(8-5-19)9-6-20)22-7-4-14-10-16(24-2)17(25-3)11-15(14)18(13)22/h10-11,13,18H,4-9,12H2,1-3H3/t13-,18-,27?/m1/s1. The molecule has 0 bridgehead atoms. The van der Waals surface area contributed by atoms with Gasteiger partial charge in [-0.05, 0) is 29.7 Å². The van der Waals surface area contributed by atoms with Crippen LogP contribution in [-0.2, 0) is 10.9 Å². The van der Waals surface area contributed by atoms with E-state index in [-0.39, 0.29) is 12.0 Å². The fourth-order valence-corrected chi connectivity index (χ4v) is 7.47. The molecule has 152 valence electrons. The summed E-state index contributed by atoms with van der Waals surface area (Å²) in [6, 6.07) is 4.04. The molecule has 9 heteroatoms. The number of benzene rings is 1. The van der Waals surface area contributed by atoms with Gasteiger partial charge in [0, 0.05) is 24.2 Å². The number of methoxy groups -OCH3 is 2. The van der Waals surface area contributed by atoms with E-state index in [9.17, 15) is 4.89 Å². The minimum absolute atomic E-state index is 0.0127. The maximum absolute atomic E-state index is 14.0. The summed E-state index contributed by atoms with van der Waals surface area (Å²) in [7, 11) is 0.0727. The number of alkyl halides is 2. The second-order valence-electron chi connectivity index (χ2n) is 6.86. The average Bonchev–Trinajstić information content (AvgIpc) is 2.69. The summed E-state index contributed by atoms with van der Waals surface area (Å²) in [5.41, 5.74) is 2.34. The minimum Gasteiger partial charge on any atom is -0.626 e. The Morgan fingerprint density at radius 1 is 1.22 bits per heavy atom. The number of rotatable bonds is 7. The van der Waals surface area contributed by atoms with E-state index in [1.165, 1.54) is 5.56 Å². The SMILES string of the molecule is COc1cc2c(cc1OC)[C@H]1[C@H](C)CO[P+]([O-])(N(CCCl)CCCl)N1CC2. The van der Waals surface area contributed by atoms with Crippen LogP contribution in [0, 0.1) is 5.92 Å². The highest BCUT2D eigenvalue weighted by atomic mass is 35.5. The number of fused-ring (bicyclic) bond motifs is 3. The zero-order valence-corrected chi connectivity index (χ0v) is 18.4. The quantitative estimate of drug-likeness (QED) is 0.483. The third kappa shape index (κ3) is 3.91. The molecule has 3 rings (SSSR count). The highest BCUT2D eigenvalue weighted by molar-refractivity contribution is 7.59. The van der Waals surface area contributed by atoms with Crippen LogP contribution < -0.4 is 14.4 Å². The van der Waals surface area contributed by atoms with Crippen molar-refractivity contribution in [2.45, 2.75) is 19.4 Å². The van der Waals surface area contributed by atoms with E-state index in [1.807, 2.05) is 21.5 Å². The minimum atomic E-state index is -3.20. The molecule has 27 heavy (non-hydrogen) atoms. The van der Waals surface area contributed by atoms with Crippen molar-refractivity contribution in [1.82, 2.24) is 9.34 Å². The maximum Gasteiger partial charge on any atom is 0.253 e. The molecule has 3 atom stereocenters. The van der Waals surface area contributed by atoms with Crippen molar-refractivity contribution >= 4 is 31.2 Å². The molecule has 0 N–H and O–H groups in total. The zero-order valence-electron chi connectivity index (χ0n) is 16.0. The van der Waals surface area contributed by atoms with Gasteiger partial charge in [-0.2, -0.15) is 0 Å². The van der Waals surface area contributed by atoms with Gasteiger partial charge in [0.2, 0.25) is 0 Å². The molecule has 0 aromatic heterocycles. The summed E-state index contributed by atoms with van der Waals surface area (Å²) in [5.74, 6) is 2.35. The van der Waals surface area contributed by atoms with Gasteiger partial charge in [-0.25, -0.2) is 4.52 Å². The molecule has 2 aliphatic rings. The maximum atomic E-state index is 14.0. The third-order valence-corrected chi connectivity index (χ3v) is 8.34. The van der Waals surface area contributed by atoms with Crippen LogP contribution in [0.25, 0.3) is 0 Å².